The highest BCUT2D eigenvalue weighted by Crippen LogP contribution is 2.23. The van der Waals surface area contributed by atoms with Crippen molar-refractivity contribution in [2.45, 2.75) is 19.8 Å². The van der Waals surface area contributed by atoms with Gasteiger partial charge in [0.15, 0.2) is 5.82 Å². The molecule has 1 saturated heterocycles. The van der Waals surface area contributed by atoms with Crippen LogP contribution in [0.2, 0.25) is 5.02 Å². The van der Waals surface area contributed by atoms with E-state index in [2.05, 4.69) is 10.4 Å². The average molecular weight is 349 g/mol. The van der Waals surface area contributed by atoms with Gasteiger partial charge in [-0.25, -0.2) is 9.48 Å². The molecule has 1 aliphatic rings. The lowest BCUT2D eigenvalue weighted by molar-refractivity contribution is 0.143. The molecule has 2 N–H and O–H groups in total. The molecule has 1 aromatic heterocycles. The number of carbonyl (C=O) groups is 1. The summed E-state index contributed by atoms with van der Waals surface area (Å²) in [5, 5.41) is 17.1. The van der Waals surface area contributed by atoms with E-state index < -0.39 is 0 Å². The molecule has 128 valence electrons. The first-order valence-electron chi connectivity index (χ1n) is 8.06. The topological polar surface area (TPSA) is 70.4 Å². The number of amides is 2. The molecule has 0 spiro atoms. The Morgan fingerprint density at radius 2 is 2.08 bits per heavy atom. The van der Waals surface area contributed by atoms with Gasteiger partial charge in [-0.3, -0.25) is 5.32 Å². The van der Waals surface area contributed by atoms with Crippen LogP contribution in [0.25, 0.3) is 5.69 Å². The van der Waals surface area contributed by atoms with E-state index in [1.807, 2.05) is 31.3 Å². The van der Waals surface area contributed by atoms with Crippen LogP contribution in [0.4, 0.5) is 10.6 Å². The molecule has 6 nitrogen and oxygen atoms in total. The van der Waals surface area contributed by atoms with E-state index in [-0.39, 0.29) is 12.6 Å². The zero-order valence-corrected chi connectivity index (χ0v) is 14.3. The molecule has 3 rings (SSSR count). The molecule has 0 saturated carbocycles. The average Bonchev–Trinajstić information content (AvgIpc) is 2.95. The molecule has 0 atom stereocenters. The molecule has 0 bridgehead atoms. The zero-order valence-electron chi connectivity index (χ0n) is 13.6. The van der Waals surface area contributed by atoms with E-state index in [9.17, 15) is 9.90 Å². The molecule has 24 heavy (non-hydrogen) atoms. The molecule has 7 heteroatoms. The zero-order chi connectivity index (χ0) is 17.1. The number of aromatic nitrogens is 2. The van der Waals surface area contributed by atoms with Crippen molar-refractivity contribution in [3.8, 4) is 5.69 Å². The predicted octanol–water partition coefficient (Wildman–Crippen LogP) is 3.07. The lowest BCUT2D eigenvalue weighted by Crippen LogP contribution is -2.41. The Balaban J connectivity index is 1.70. The Labute approximate surface area is 146 Å². The lowest BCUT2D eigenvalue weighted by Gasteiger charge is -2.30. The van der Waals surface area contributed by atoms with Crippen molar-refractivity contribution >= 4 is 23.4 Å². The first-order valence-corrected chi connectivity index (χ1v) is 8.44. The maximum Gasteiger partial charge on any atom is 0.323 e. The number of carbonyl (C=O) groups excluding carboxylic acids is 1. The van der Waals surface area contributed by atoms with Crippen molar-refractivity contribution < 1.29 is 9.90 Å². The molecule has 1 aromatic carbocycles. The fraction of sp³-hybridized carbons (Fsp3) is 0.412. The number of halogens is 1. The highest BCUT2D eigenvalue weighted by atomic mass is 35.5. The molecular formula is C17H21ClN4O2. The van der Waals surface area contributed by atoms with Gasteiger partial charge in [-0.1, -0.05) is 23.7 Å². The molecule has 2 amide bonds. The standard InChI is InChI=1S/C17H21ClN4O2/c1-12-10-22(15-5-3-2-4-14(15)18)20-16(12)19-17(24)21-8-6-13(11-23)7-9-21/h2-5,10,13,23H,6-9,11H2,1H3,(H,19,20,24). The van der Waals surface area contributed by atoms with Crippen molar-refractivity contribution in [3.63, 3.8) is 0 Å². The summed E-state index contributed by atoms with van der Waals surface area (Å²) in [6.07, 6.45) is 3.50. The number of piperidine rings is 1. The van der Waals surface area contributed by atoms with Crippen molar-refractivity contribution in [2.75, 3.05) is 25.0 Å². The number of benzene rings is 1. The molecule has 1 aliphatic heterocycles. The maximum absolute atomic E-state index is 12.4. The van der Waals surface area contributed by atoms with Crippen LogP contribution in [-0.2, 0) is 0 Å². The van der Waals surface area contributed by atoms with E-state index >= 15 is 0 Å². The van der Waals surface area contributed by atoms with Crippen molar-refractivity contribution in [1.29, 1.82) is 0 Å². The van der Waals surface area contributed by atoms with Crippen LogP contribution in [0.1, 0.15) is 18.4 Å². The number of aryl methyl sites for hydroxylation is 1. The number of hydrogen-bond donors (Lipinski definition) is 2. The summed E-state index contributed by atoms with van der Waals surface area (Å²) < 4.78 is 1.67. The second-order valence-corrected chi connectivity index (χ2v) is 6.51. The van der Waals surface area contributed by atoms with E-state index in [1.54, 1.807) is 15.6 Å². The van der Waals surface area contributed by atoms with Crippen molar-refractivity contribution in [3.05, 3.63) is 41.0 Å². The Bertz CT molecular complexity index is 723. The monoisotopic (exact) mass is 348 g/mol. The smallest absolute Gasteiger partial charge is 0.323 e. The van der Waals surface area contributed by atoms with Crippen LogP contribution >= 0.6 is 11.6 Å². The Hall–Kier alpha value is -2.05. The highest BCUT2D eigenvalue weighted by molar-refractivity contribution is 6.32. The fourth-order valence-corrected chi connectivity index (χ4v) is 3.07. The highest BCUT2D eigenvalue weighted by Gasteiger charge is 2.23. The van der Waals surface area contributed by atoms with Gasteiger partial charge >= 0.3 is 6.03 Å². The number of anilines is 1. The number of para-hydroxylation sites is 1. The molecular weight excluding hydrogens is 328 g/mol. The Morgan fingerprint density at radius 3 is 2.75 bits per heavy atom. The second-order valence-electron chi connectivity index (χ2n) is 6.10. The molecule has 0 radical (unpaired) electrons. The van der Waals surface area contributed by atoms with Gasteiger partial charge in [-0.05, 0) is 37.8 Å². The number of nitrogens with zero attached hydrogens (tertiary/aromatic N) is 3. The van der Waals surface area contributed by atoms with Crippen LogP contribution in [0.5, 0.6) is 0 Å². The van der Waals surface area contributed by atoms with Crippen molar-refractivity contribution in [2.24, 2.45) is 5.92 Å². The normalized spacial score (nSPS) is 15.5. The minimum atomic E-state index is -0.154. The Kier molecular flexibility index (Phi) is 5.06. The molecule has 0 aliphatic carbocycles. The number of aliphatic hydroxyl groups excluding tert-OH is 1. The summed E-state index contributed by atoms with van der Waals surface area (Å²) in [6.45, 7) is 3.40. The van der Waals surface area contributed by atoms with Gasteiger partial charge < -0.3 is 10.0 Å². The summed E-state index contributed by atoms with van der Waals surface area (Å²) in [5.74, 6) is 0.833. The molecule has 1 fully saturated rings. The number of hydrogen-bond acceptors (Lipinski definition) is 3. The summed E-state index contributed by atoms with van der Waals surface area (Å²) in [5.41, 5.74) is 1.64. The van der Waals surface area contributed by atoms with Crippen LogP contribution in [-0.4, -0.2) is 45.5 Å². The first-order chi connectivity index (χ1) is 11.6. The SMILES string of the molecule is Cc1cn(-c2ccccc2Cl)nc1NC(=O)N1CCC(CO)CC1. The third-order valence-electron chi connectivity index (χ3n) is 4.38. The summed E-state index contributed by atoms with van der Waals surface area (Å²) in [7, 11) is 0. The van der Waals surface area contributed by atoms with Crippen LogP contribution in [0, 0.1) is 12.8 Å². The number of urea groups is 1. The summed E-state index contributed by atoms with van der Waals surface area (Å²) in [6, 6.07) is 7.28. The van der Waals surface area contributed by atoms with Gasteiger partial charge in [0.2, 0.25) is 0 Å². The predicted molar refractivity (Wildman–Crippen MR) is 93.7 cm³/mol. The summed E-state index contributed by atoms with van der Waals surface area (Å²) in [4.78, 5) is 14.2. The number of likely N-dealkylation sites (tertiary alicyclic amines) is 1. The van der Waals surface area contributed by atoms with E-state index in [4.69, 9.17) is 11.6 Å². The van der Waals surface area contributed by atoms with Crippen LogP contribution in [0.15, 0.2) is 30.5 Å². The van der Waals surface area contributed by atoms with Gasteiger partial charge in [0.1, 0.15) is 0 Å². The number of nitrogens with one attached hydrogen (secondary N) is 1. The van der Waals surface area contributed by atoms with Gasteiger partial charge in [-0.2, -0.15) is 0 Å². The molecule has 2 heterocycles. The van der Waals surface area contributed by atoms with Crippen LogP contribution in [0.3, 0.4) is 0 Å². The van der Waals surface area contributed by atoms with Gasteiger partial charge in [-0.15, -0.1) is 5.10 Å². The van der Waals surface area contributed by atoms with Gasteiger partial charge in [0, 0.05) is 31.5 Å². The lowest BCUT2D eigenvalue weighted by atomic mass is 9.98. The largest absolute Gasteiger partial charge is 0.396 e. The third kappa shape index (κ3) is 3.55. The number of aliphatic hydroxyl groups is 1. The van der Waals surface area contributed by atoms with E-state index in [0.717, 1.165) is 24.1 Å². The molecule has 0 unspecified atom stereocenters. The minimum absolute atomic E-state index is 0.154. The quantitative estimate of drug-likeness (QED) is 0.895. The third-order valence-corrected chi connectivity index (χ3v) is 4.70. The Morgan fingerprint density at radius 1 is 1.38 bits per heavy atom. The van der Waals surface area contributed by atoms with Crippen LogP contribution < -0.4 is 5.32 Å². The second kappa shape index (κ2) is 7.23. The summed E-state index contributed by atoms with van der Waals surface area (Å²) >= 11 is 6.20. The number of rotatable bonds is 3. The van der Waals surface area contributed by atoms with Gasteiger partial charge in [0.25, 0.3) is 0 Å². The minimum Gasteiger partial charge on any atom is -0.396 e. The van der Waals surface area contributed by atoms with E-state index in [0.29, 0.717) is 29.8 Å². The van der Waals surface area contributed by atoms with Gasteiger partial charge in [0.05, 0.1) is 10.7 Å². The maximum atomic E-state index is 12.4. The molecule has 2 aromatic rings. The fourth-order valence-electron chi connectivity index (χ4n) is 2.84. The first kappa shape index (κ1) is 16.8. The van der Waals surface area contributed by atoms with E-state index in [1.165, 1.54) is 0 Å². The van der Waals surface area contributed by atoms with Crippen molar-refractivity contribution in [1.82, 2.24) is 14.7 Å².